The molecule has 2 aromatic carbocycles. The van der Waals surface area contributed by atoms with E-state index in [2.05, 4.69) is 10.2 Å². The molecule has 0 atom stereocenters. The van der Waals surface area contributed by atoms with Gasteiger partial charge in [0, 0.05) is 12.5 Å². The molecule has 0 unspecified atom stereocenters. The number of halogens is 1. The maximum absolute atomic E-state index is 11.1. The Morgan fingerprint density at radius 1 is 1.09 bits per heavy atom. The number of ether oxygens (including phenoxy) is 1. The van der Waals surface area contributed by atoms with Crippen molar-refractivity contribution in [3.05, 3.63) is 86.8 Å². The summed E-state index contributed by atoms with van der Waals surface area (Å²) in [5, 5.41) is 7.03. The van der Waals surface area contributed by atoms with E-state index in [1.807, 2.05) is 43.3 Å². The highest BCUT2D eigenvalue weighted by Crippen LogP contribution is 2.31. The van der Waals surface area contributed by atoms with Gasteiger partial charge in [-0.1, -0.05) is 35.9 Å². The monoisotopic (exact) mass is 326 g/mol. The molecule has 4 nitrogen and oxygen atoms in total. The first-order valence-electron chi connectivity index (χ1n) is 7.18. The molecule has 0 saturated carbocycles. The molecule has 0 bridgehead atoms. The highest BCUT2D eigenvalue weighted by molar-refractivity contribution is 6.32. The number of aromatic amines is 1. The van der Waals surface area contributed by atoms with Crippen molar-refractivity contribution >= 4 is 11.6 Å². The van der Waals surface area contributed by atoms with Gasteiger partial charge in [0.15, 0.2) is 0 Å². The minimum Gasteiger partial charge on any atom is -0.456 e. The number of benzene rings is 2. The molecule has 0 aliphatic heterocycles. The molecule has 0 amide bonds. The number of hydrogen-bond acceptors (Lipinski definition) is 3. The zero-order valence-corrected chi connectivity index (χ0v) is 13.3. The van der Waals surface area contributed by atoms with E-state index in [0.29, 0.717) is 17.2 Å². The molecule has 0 fully saturated rings. The first-order chi connectivity index (χ1) is 11.1. The van der Waals surface area contributed by atoms with Gasteiger partial charge >= 0.3 is 0 Å². The molecular weight excluding hydrogens is 312 g/mol. The van der Waals surface area contributed by atoms with E-state index in [-0.39, 0.29) is 5.56 Å². The first kappa shape index (κ1) is 15.3. The van der Waals surface area contributed by atoms with Gasteiger partial charge < -0.3 is 4.74 Å². The molecule has 23 heavy (non-hydrogen) atoms. The number of nitrogens with one attached hydrogen (secondary N) is 1. The van der Waals surface area contributed by atoms with Crippen LogP contribution in [-0.4, -0.2) is 10.2 Å². The molecule has 0 aliphatic carbocycles. The van der Waals surface area contributed by atoms with Gasteiger partial charge in [0.2, 0.25) is 0 Å². The van der Waals surface area contributed by atoms with Crippen LogP contribution in [0.3, 0.4) is 0 Å². The van der Waals surface area contributed by atoms with E-state index in [0.717, 1.165) is 22.6 Å². The Labute approximate surface area is 138 Å². The van der Waals surface area contributed by atoms with Crippen molar-refractivity contribution in [2.75, 3.05) is 0 Å². The molecule has 1 N–H and O–H groups in total. The summed E-state index contributed by atoms with van der Waals surface area (Å²) in [6.45, 7) is 1.98. The smallest absolute Gasteiger partial charge is 0.264 e. The van der Waals surface area contributed by atoms with E-state index in [9.17, 15) is 4.79 Å². The number of nitrogens with zero attached hydrogens (tertiary/aromatic N) is 1. The molecule has 1 heterocycles. The van der Waals surface area contributed by atoms with Crippen LogP contribution in [0.5, 0.6) is 11.5 Å². The Kier molecular flexibility index (Phi) is 4.44. The maximum Gasteiger partial charge on any atom is 0.264 e. The second-order valence-electron chi connectivity index (χ2n) is 5.22. The van der Waals surface area contributed by atoms with Gasteiger partial charge in [-0.05, 0) is 42.3 Å². The predicted molar refractivity (Wildman–Crippen MR) is 90.4 cm³/mol. The van der Waals surface area contributed by atoms with E-state index in [1.54, 1.807) is 12.1 Å². The fraction of sp³-hybridized carbons (Fsp3) is 0.111. The van der Waals surface area contributed by atoms with Crippen molar-refractivity contribution in [3.63, 3.8) is 0 Å². The summed E-state index contributed by atoms with van der Waals surface area (Å²) in [6, 6.07) is 16.5. The number of H-pyrrole nitrogens is 1. The molecule has 0 radical (unpaired) electrons. The fourth-order valence-corrected chi connectivity index (χ4v) is 2.37. The highest BCUT2D eigenvalue weighted by atomic mass is 35.5. The zero-order valence-electron chi connectivity index (χ0n) is 12.5. The van der Waals surface area contributed by atoms with Crippen LogP contribution < -0.4 is 10.3 Å². The summed E-state index contributed by atoms with van der Waals surface area (Å²) in [6.07, 6.45) is 0.607. The number of aromatic nitrogens is 2. The summed E-state index contributed by atoms with van der Waals surface area (Å²) in [4.78, 5) is 11.1. The van der Waals surface area contributed by atoms with Crippen LogP contribution in [0.25, 0.3) is 0 Å². The lowest BCUT2D eigenvalue weighted by molar-refractivity contribution is 0.478. The summed E-state index contributed by atoms with van der Waals surface area (Å²) < 4.78 is 5.93. The van der Waals surface area contributed by atoms with Crippen LogP contribution in [0.2, 0.25) is 5.02 Å². The van der Waals surface area contributed by atoms with Crippen LogP contribution in [0.1, 0.15) is 16.8 Å². The number of rotatable bonds is 4. The predicted octanol–water partition coefficient (Wildman–Crippen LogP) is 4.11. The normalized spacial score (nSPS) is 10.5. The van der Waals surface area contributed by atoms with Crippen LogP contribution in [-0.2, 0) is 6.42 Å². The highest BCUT2D eigenvalue weighted by Gasteiger charge is 2.07. The first-order valence-corrected chi connectivity index (χ1v) is 7.56. The summed E-state index contributed by atoms with van der Waals surface area (Å²) >= 11 is 6.14. The van der Waals surface area contributed by atoms with Crippen molar-refractivity contribution in [3.8, 4) is 11.5 Å². The Bertz CT molecular complexity index is 870. The van der Waals surface area contributed by atoms with Gasteiger partial charge in [-0.15, -0.1) is 0 Å². The van der Waals surface area contributed by atoms with Gasteiger partial charge in [-0.2, -0.15) is 5.10 Å². The topological polar surface area (TPSA) is 55.0 Å². The number of para-hydroxylation sites is 1. The Morgan fingerprint density at radius 2 is 1.91 bits per heavy atom. The fourth-order valence-electron chi connectivity index (χ4n) is 2.19. The second kappa shape index (κ2) is 6.67. The Balaban J connectivity index is 1.85. The maximum atomic E-state index is 11.1. The average Bonchev–Trinajstić information content (AvgIpc) is 2.55. The van der Waals surface area contributed by atoms with Crippen molar-refractivity contribution in [1.82, 2.24) is 10.2 Å². The SMILES string of the molecule is Cc1ccc(Cc2ccc(=O)[nH]n2)cc1Oc1ccccc1Cl. The molecule has 0 spiro atoms. The van der Waals surface area contributed by atoms with Gasteiger partial charge in [0.05, 0.1) is 10.7 Å². The Morgan fingerprint density at radius 3 is 2.65 bits per heavy atom. The van der Waals surface area contributed by atoms with E-state index in [1.165, 1.54) is 6.07 Å². The summed E-state index contributed by atoms with van der Waals surface area (Å²) in [5.74, 6) is 1.37. The van der Waals surface area contributed by atoms with Crippen LogP contribution in [0.15, 0.2) is 59.4 Å². The second-order valence-corrected chi connectivity index (χ2v) is 5.63. The van der Waals surface area contributed by atoms with Crippen molar-refractivity contribution in [2.24, 2.45) is 0 Å². The summed E-state index contributed by atoms with van der Waals surface area (Å²) in [7, 11) is 0. The van der Waals surface area contributed by atoms with Gasteiger partial charge in [0.25, 0.3) is 5.56 Å². The zero-order chi connectivity index (χ0) is 16.2. The lowest BCUT2D eigenvalue weighted by Gasteiger charge is -2.11. The van der Waals surface area contributed by atoms with Crippen molar-refractivity contribution < 1.29 is 4.74 Å². The molecule has 116 valence electrons. The molecule has 0 saturated heterocycles. The molecule has 3 rings (SSSR count). The van der Waals surface area contributed by atoms with E-state index >= 15 is 0 Å². The molecule has 1 aromatic heterocycles. The van der Waals surface area contributed by atoms with Crippen molar-refractivity contribution in [1.29, 1.82) is 0 Å². The number of hydrogen-bond donors (Lipinski definition) is 1. The molecule has 5 heteroatoms. The molecule has 3 aromatic rings. The lowest BCUT2D eigenvalue weighted by atomic mass is 10.1. The van der Waals surface area contributed by atoms with Crippen LogP contribution >= 0.6 is 11.6 Å². The molecular formula is C18H15ClN2O2. The summed E-state index contributed by atoms with van der Waals surface area (Å²) in [5.41, 5.74) is 2.64. The third-order valence-electron chi connectivity index (χ3n) is 3.43. The quantitative estimate of drug-likeness (QED) is 0.784. The van der Waals surface area contributed by atoms with Crippen LogP contribution in [0, 0.1) is 6.92 Å². The minimum absolute atomic E-state index is 0.208. The van der Waals surface area contributed by atoms with Gasteiger partial charge in [-0.3, -0.25) is 4.79 Å². The largest absolute Gasteiger partial charge is 0.456 e. The molecule has 0 aliphatic rings. The van der Waals surface area contributed by atoms with Crippen molar-refractivity contribution in [2.45, 2.75) is 13.3 Å². The lowest BCUT2D eigenvalue weighted by Crippen LogP contribution is -2.07. The van der Waals surface area contributed by atoms with Crippen LogP contribution in [0.4, 0.5) is 0 Å². The van der Waals surface area contributed by atoms with E-state index < -0.39 is 0 Å². The van der Waals surface area contributed by atoms with Gasteiger partial charge in [-0.25, -0.2) is 5.10 Å². The standard InChI is InChI=1S/C18H15ClN2O2/c1-12-6-7-13(10-14-8-9-18(22)21-20-14)11-17(12)23-16-5-3-2-4-15(16)19/h2-9,11H,10H2,1H3,(H,21,22). The van der Waals surface area contributed by atoms with E-state index in [4.69, 9.17) is 16.3 Å². The third-order valence-corrected chi connectivity index (χ3v) is 3.74. The third kappa shape index (κ3) is 3.79. The Hall–Kier alpha value is -2.59. The number of aryl methyl sites for hydroxylation is 1. The van der Waals surface area contributed by atoms with Gasteiger partial charge in [0.1, 0.15) is 11.5 Å². The minimum atomic E-state index is -0.208. The average molecular weight is 327 g/mol.